The summed E-state index contributed by atoms with van der Waals surface area (Å²) in [5, 5.41) is 65.7. The number of hydrogen-bond donors (Lipinski definition) is 6. The molecule has 0 aromatic heterocycles. The molecular weight excluding hydrogens is 644 g/mol. The fourth-order valence-corrected chi connectivity index (χ4v) is 11.7. The molecule has 49 heavy (non-hydrogen) atoms. The van der Waals surface area contributed by atoms with Crippen molar-refractivity contribution in [1.82, 2.24) is 0 Å². The molecule has 7 fully saturated rings. The van der Waals surface area contributed by atoms with Crippen molar-refractivity contribution in [1.29, 1.82) is 0 Å². The largest absolute Gasteiger partial charge is 0.458 e. The monoisotopic (exact) mass is 694 g/mol. The maximum atomic E-state index is 13.5. The number of aliphatic hydroxyl groups is 6. The lowest BCUT2D eigenvalue weighted by Crippen LogP contribution is -2.72. The van der Waals surface area contributed by atoms with E-state index in [2.05, 4.69) is 6.92 Å². The Hall–Kier alpha value is -1.56. The van der Waals surface area contributed by atoms with Gasteiger partial charge in [0.2, 0.25) is 12.1 Å². The highest BCUT2D eigenvalue weighted by Crippen LogP contribution is 2.70. The molecule has 6 N–H and O–H groups in total. The molecule has 0 unspecified atom stereocenters. The van der Waals surface area contributed by atoms with Gasteiger partial charge in [-0.15, -0.1) is 0 Å². The molecule has 274 valence electrons. The lowest BCUT2D eigenvalue weighted by atomic mass is 9.42. The van der Waals surface area contributed by atoms with E-state index in [0.717, 1.165) is 37.5 Å². The summed E-state index contributed by atoms with van der Waals surface area (Å²) in [5.74, 6) is -2.74. The standard InChI is InChI=1S/C35H50O14/c1-16-9-25(48-30-29(41)28(40)27(39)24(13-36)46-30)35(43)31(45-16)47-22-11-18-3-4-21-20(33(18,15-37)12-23(22)49-35)5-7-32(2)19(6-8-34(21,32)42)17-10-26(38)44-14-17/h10,15-16,18-25,27-31,36,39-43H,3-9,11-14H2,1-2H3/t16-,18+,19-,20+,21-,22-,23-,24-,25-,27-,28+,29-,30+,31+,32-,33-,34-,35+/m1/s1. The molecule has 4 heterocycles. The molecule has 0 radical (unpaired) electrons. The van der Waals surface area contributed by atoms with Crippen molar-refractivity contribution >= 4 is 12.3 Å². The Morgan fingerprint density at radius 2 is 1.76 bits per heavy atom. The van der Waals surface area contributed by atoms with Crippen molar-refractivity contribution in [2.24, 2.45) is 34.5 Å². The number of carbonyl (C=O) groups is 2. The minimum Gasteiger partial charge on any atom is -0.458 e. The van der Waals surface area contributed by atoms with Crippen LogP contribution in [0.15, 0.2) is 11.6 Å². The van der Waals surface area contributed by atoms with Crippen molar-refractivity contribution in [2.45, 2.75) is 144 Å². The Bertz CT molecular complexity index is 1360. The third-order valence-corrected chi connectivity index (χ3v) is 14.2. The predicted molar refractivity (Wildman–Crippen MR) is 164 cm³/mol. The molecule has 0 bridgehead atoms. The first-order valence-electron chi connectivity index (χ1n) is 18.0. The van der Waals surface area contributed by atoms with Gasteiger partial charge in [-0.25, -0.2) is 4.79 Å². The Morgan fingerprint density at radius 1 is 0.959 bits per heavy atom. The topological polar surface area (TPSA) is 211 Å². The van der Waals surface area contributed by atoms with E-state index < -0.39 is 90.2 Å². The normalized spacial score (nSPS) is 56.7. The van der Waals surface area contributed by atoms with E-state index in [-0.39, 0.29) is 49.1 Å². The number of hydrogen-bond acceptors (Lipinski definition) is 14. The average molecular weight is 695 g/mol. The minimum atomic E-state index is -2.17. The second kappa shape index (κ2) is 12.0. The molecule has 0 amide bonds. The zero-order chi connectivity index (χ0) is 34.7. The number of fused-ring (bicyclic) bond motifs is 7. The molecule has 3 saturated heterocycles. The number of aliphatic hydroxyl groups excluding tert-OH is 4. The second-order valence-electron chi connectivity index (χ2n) is 16.4. The van der Waals surface area contributed by atoms with E-state index >= 15 is 0 Å². The fourth-order valence-electron chi connectivity index (χ4n) is 11.7. The Kier molecular flexibility index (Phi) is 8.45. The number of aldehydes is 1. The first kappa shape index (κ1) is 34.5. The van der Waals surface area contributed by atoms with Crippen LogP contribution in [-0.2, 0) is 38.0 Å². The molecule has 4 saturated carbocycles. The summed E-state index contributed by atoms with van der Waals surface area (Å²) in [6.07, 6.45) is -3.89. The summed E-state index contributed by atoms with van der Waals surface area (Å²) in [5.41, 5.74) is -1.36. The summed E-state index contributed by atoms with van der Waals surface area (Å²) < 4.78 is 35.9. The molecule has 0 aromatic rings. The van der Waals surface area contributed by atoms with E-state index in [0.29, 0.717) is 19.3 Å². The highest BCUT2D eigenvalue weighted by atomic mass is 16.8. The van der Waals surface area contributed by atoms with Crippen LogP contribution in [-0.4, -0.2) is 129 Å². The lowest BCUT2D eigenvalue weighted by molar-refractivity contribution is -0.471. The van der Waals surface area contributed by atoms with Gasteiger partial charge in [0, 0.05) is 23.3 Å². The van der Waals surface area contributed by atoms with Gasteiger partial charge in [-0.3, -0.25) is 0 Å². The molecular formula is C35H50O14. The average Bonchev–Trinajstić information content (AvgIpc) is 3.62. The fraction of sp³-hybridized carbons (Fsp3) is 0.886. The third-order valence-electron chi connectivity index (χ3n) is 14.2. The SMILES string of the molecule is C[C@@H]1C[C@@H](O[C@@H]2O[C@H](CO)[C@@H](O)[C@H](O)[C@H]2O)[C@]2(O)O[C@@H]3C[C@@]4(C=O)[C@@H](CC[C@@H]5[C@@H]4CC[C@]4(C)[C@@H](C6=CC(=O)OC6)CC[C@@]54O)C[C@H]3O[C@@H]2O1. The van der Waals surface area contributed by atoms with Crippen LogP contribution >= 0.6 is 0 Å². The first-order chi connectivity index (χ1) is 23.3. The van der Waals surface area contributed by atoms with E-state index in [1.54, 1.807) is 13.0 Å². The van der Waals surface area contributed by atoms with E-state index in [4.69, 9.17) is 28.4 Å². The van der Waals surface area contributed by atoms with E-state index in [1.807, 2.05) is 0 Å². The Balaban J connectivity index is 1.05. The van der Waals surface area contributed by atoms with Crippen molar-refractivity contribution in [3.63, 3.8) is 0 Å². The minimum absolute atomic E-state index is 0.0156. The summed E-state index contributed by atoms with van der Waals surface area (Å²) in [7, 11) is 0. The van der Waals surface area contributed by atoms with E-state index in [1.165, 1.54) is 0 Å². The highest BCUT2D eigenvalue weighted by molar-refractivity contribution is 5.85. The molecule has 4 aliphatic carbocycles. The molecule has 0 spiro atoms. The summed E-state index contributed by atoms with van der Waals surface area (Å²) in [6.45, 7) is 3.54. The van der Waals surface area contributed by atoms with Gasteiger partial charge in [-0.1, -0.05) is 6.92 Å². The molecule has 14 nitrogen and oxygen atoms in total. The maximum Gasteiger partial charge on any atom is 0.331 e. The van der Waals surface area contributed by atoms with Crippen LogP contribution in [0.25, 0.3) is 0 Å². The lowest BCUT2D eigenvalue weighted by Gasteiger charge is -2.65. The number of carbonyl (C=O) groups excluding carboxylic acids is 2. The molecule has 18 atom stereocenters. The number of rotatable bonds is 5. The van der Waals surface area contributed by atoms with Gasteiger partial charge in [0.05, 0.1) is 30.5 Å². The number of cyclic esters (lactones) is 1. The van der Waals surface area contributed by atoms with Gasteiger partial charge in [-0.2, -0.15) is 0 Å². The van der Waals surface area contributed by atoms with Crippen LogP contribution in [0.4, 0.5) is 0 Å². The Morgan fingerprint density at radius 3 is 2.47 bits per heavy atom. The van der Waals surface area contributed by atoms with E-state index in [9.17, 15) is 40.2 Å². The van der Waals surface area contributed by atoms with Gasteiger partial charge in [0.15, 0.2) is 6.29 Å². The van der Waals surface area contributed by atoms with Gasteiger partial charge in [0.1, 0.15) is 43.4 Å². The summed E-state index contributed by atoms with van der Waals surface area (Å²) in [6, 6.07) is 0. The van der Waals surface area contributed by atoms with Gasteiger partial charge in [-0.05, 0) is 87.5 Å². The van der Waals surface area contributed by atoms with Crippen LogP contribution in [0.1, 0.15) is 71.6 Å². The molecule has 14 heteroatoms. The number of ether oxygens (including phenoxy) is 6. The second-order valence-corrected chi connectivity index (χ2v) is 16.4. The quantitative estimate of drug-likeness (QED) is 0.125. The first-order valence-corrected chi connectivity index (χ1v) is 18.0. The van der Waals surface area contributed by atoms with Crippen molar-refractivity contribution < 1.29 is 68.6 Å². The van der Waals surface area contributed by atoms with Crippen LogP contribution in [0.3, 0.4) is 0 Å². The van der Waals surface area contributed by atoms with Crippen LogP contribution in [0, 0.1) is 34.5 Å². The van der Waals surface area contributed by atoms with Crippen LogP contribution < -0.4 is 0 Å². The van der Waals surface area contributed by atoms with Crippen LogP contribution in [0.5, 0.6) is 0 Å². The molecule has 8 aliphatic rings. The maximum absolute atomic E-state index is 13.5. The highest BCUT2D eigenvalue weighted by Gasteiger charge is 2.71. The van der Waals surface area contributed by atoms with Crippen molar-refractivity contribution in [2.75, 3.05) is 13.2 Å². The number of esters is 1. The Labute approximate surface area is 284 Å². The zero-order valence-corrected chi connectivity index (χ0v) is 28.0. The smallest absolute Gasteiger partial charge is 0.331 e. The van der Waals surface area contributed by atoms with Crippen molar-refractivity contribution in [3.05, 3.63) is 11.6 Å². The predicted octanol–water partition coefficient (Wildman–Crippen LogP) is -0.175. The van der Waals surface area contributed by atoms with Crippen LogP contribution in [0.2, 0.25) is 0 Å². The van der Waals surface area contributed by atoms with Crippen molar-refractivity contribution in [3.8, 4) is 0 Å². The van der Waals surface area contributed by atoms with Gasteiger partial charge >= 0.3 is 5.97 Å². The summed E-state index contributed by atoms with van der Waals surface area (Å²) in [4.78, 5) is 25.4. The zero-order valence-electron chi connectivity index (χ0n) is 28.0. The summed E-state index contributed by atoms with van der Waals surface area (Å²) >= 11 is 0. The van der Waals surface area contributed by atoms with Gasteiger partial charge < -0.3 is 63.9 Å². The van der Waals surface area contributed by atoms with Gasteiger partial charge in [0.25, 0.3) is 0 Å². The molecule has 4 aliphatic heterocycles. The molecule has 8 rings (SSSR count). The molecule has 0 aromatic carbocycles. The third kappa shape index (κ3) is 4.93.